The zero-order valence-electron chi connectivity index (χ0n) is 6.35. The van der Waals surface area contributed by atoms with E-state index in [1.54, 1.807) is 0 Å². The van der Waals surface area contributed by atoms with Crippen molar-refractivity contribution in [1.82, 2.24) is 0 Å². The summed E-state index contributed by atoms with van der Waals surface area (Å²) in [6.45, 7) is 0. The molecule has 0 aromatic heterocycles. The molecule has 0 amide bonds. The quantitative estimate of drug-likeness (QED) is 0.716. The molecule has 1 rings (SSSR count). The summed E-state index contributed by atoms with van der Waals surface area (Å²) in [5, 5.41) is 8.77. The van der Waals surface area contributed by atoms with E-state index in [2.05, 4.69) is 0 Å². The number of halogens is 4. The predicted octanol–water partition coefficient (Wildman–Crippen LogP) is 2.26. The molecule has 0 spiro atoms. The van der Waals surface area contributed by atoms with E-state index in [4.69, 9.17) is 5.11 Å². The molecule has 0 radical (unpaired) electrons. The summed E-state index contributed by atoms with van der Waals surface area (Å²) in [4.78, 5) is 0. The van der Waals surface area contributed by atoms with Crippen LogP contribution in [0.3, 0.4) is 0 Å². The number of hydrogen-bond donors (Lipinski definition) is 1. The normalized spacial score (nSPS) is 13.4. The molecule has 1 nitrogen and oxygen atoms in total. The van der Waals surface area contributed by atoms with Gasteiger partial charge in [-0.25, -0.2) is 17.6 Å². The molecule has 1 aromatic carbocycles. The van der Waals surface area contributed by atoms with Crippen molar-refractivity contribution in [1.29, 1.82) is 0 Å². The average molecular weight is 194 g/mol. The maximum absolute atomic E-state index is 12.5. The SMILES string of the molecule is OC(c1ccc(F)c(F)c1)C(F)F. The summed E-state index contributed by atoms with van der Waals surface area (Å²) >= 11 is 0. The topological polar surface area (TPSA) is 20.2 Å². The van der Waals surface area contributed by atoms with Crippen molar-refractivity contribution in [2.75, 3.05) is 0 Å². The molecular formula is C8H6F4O. The Labute approximate surface area is 71.6 Å². The number of benzene rings is 1. The lowest BCUT2D eigenvalue weighted by Gasteiger charge is -2.09. The number of alkyl halides is 2. The van der Waals surface area contributed by atoms with Crippen molar-refractivity contribution in [2.45, 2.75) is 12.5 Å². The van der Waals surface area contributed by atoms with Crippen molar-refractivity contribution in [3.63, 3.8) is 0 Å². The first-order valence-corrected chi connectivity index (χ1v) is 3.43. The first-order valence-electron chi connectivity index (χ1n) is 3.43. The fraction of sp³-hybridized carbons (Fsp3) is 0.250. The fourth-order valence-corrected chi connectivity index (χ4v) is 0.842. The van der Waals surface area contributed by atoms with Crippen LogP contribution >= 0.6 is 0 Å². The van der Waals surface area contributed by atoms with Gasteiger partial charge in [-0.15, -0.1) is 0 Å². The van der Waals surface area contributed by atoms with Crippen molar-refractivity contribution >= 4 is 0 Å². The maximum atomic E-state index is 12.5. The molecule has 0 bridgehead atoms. The Kier molecular flexibility index (Phi) is 2.87. The van der Waals surface area contributed by atoms with E-state index in [0.717, 1.165) is 6.07 Å². The van der Waals surface area contributed by atoms with Crippen molar-refractivity contribution < 1.29 is 22.7 Å². The third-order valence-corrected chi connectivity index (χ3v) is 1.52. The van der Waals surface area contributed by atoms with Crippen LogP contribution in [0.4, 0.5) is 17.6 Å². The second-order valence-corrected chi connectivity index (χ2v) is 2.45. The molecule has 0 aliphatic heterocycles. The first-order chi connectivity index (χ1) is 6.02. The Morgan fingerprint density at radius 3 is 2.15 bits per heavy atom. The van der Waals surface area contributed by atoms with Crippen LogP contribution in [0, 0.1) is 11.6 Å². The minimum absolute atomic E-state index is 0.339. The van der Waals surface area contributed by atoms with Gasteiger partial charge in [0.2, 0.25) is 0 Å². The molecular weight excluding hydrogens is 188 g/mol. The minimum Gasteiger partial charge on any atom is -0.382 e. The van der Waals surface area contributed by atoms with Crippen LogP contribution in [-0.2, 0) is 0 Å². The molecule has 0 aliphatic rings. The van der Waals surface area contributed by atoms with E-state index < -0.39 is 24.2 Å². The van der Waals surface area contributed by atoms with Gasteiger partial charge in [-0.3, -0.25) is 0 Å². The molecule has 1 unspecified atom stereocenters. The van der Waals surface area contributed by atoms with Crippen molar-refractivity contribution in [3.8, 4) is 0 Å². The van der Waals surface area contributed by atoms with Crippen LogP contribution in [0.25, 0.3) is 0 Å². The van der Waals surface area contributed by atoms with E-state index in [1.165, 1.54) is 0 Å². The summed E-state index contributed by atoms with van der Waals surface area (Å²) in [7, 11) is 0. The summed E-state index contributed by atoms with van der Waals surface area (Å²) in [6.07, 6.45) is -5.08. The van der Waals surface area contributed by atoms with Crippen LogP contribution in [0.15, 0.2) is 18.2 Å². The Morgan fingerprint density at radius 2 is 1.69 bits per heavy atom. The van der Waals surface area contributed by atoms with E-state index in [0.29, 0.717) is 12.1 Å². The highest BCUT2D eigenvalue weighted by Crippen LogP contribution is 2.21. The largest absolute Gasteiger partial charge is 0.382 e. The van der Waals surface area contributed by atoms with Gasteiger partial charge in [-0.05, 0) is 17.7 Å². The highest BCUT2D eigenvalue weighted by atomic mass is 19.3. The van der Waals surface area contributed by atoms with Crippen LogP contribution in [-0.4, -0.2) is 11.5 Å². The van der Waals surface area contributed by atoms with Crippen LogP contribution in [0.2, 0.25) is 0 Å². The van der Waals surface area contributed by atoms with Gasteiger partial charge in [-0.2, -0.15) is 0 Å². The monoisotopic (exact) mass is 194 g/mol. The second-order valence-electron chi connectivity index (χ2n) is 2.45. The highest BCUT2D eigenvalue weighted by Gasteiger charge is 2.20. The van der Waals surface area contributed by atoms with Gasteiger partial charge in [0.05, 0.1) is 0 Å². The predicted molar refractivity (Wildman–Crippen MR) is 37.3 cm³/mol. The van der Waals surface area contributed by atoms with Crippen LogP contribution in [0.5, 0.6) is 0 Å². The van der Waals surface area contributed by atoms with E-state index in [9.17, 15) is 17.6 Å². The lowest BCUT2D eigenvalue weighted by Crippen LogP contribution is -2.08. The number of rotatable bonds is 2. The maximum Gasteiger partial charge on any atom is 0.268 e. The minimum atomic E-state index is -3.01. The van der Waals surface area contributed by atoms with Crippen LogP contribution in [0.1, 0.15) is 11.7 Å². The molecule has 0 fully saturated rings. The lowest BCUT2D eigenvalue weighted by atomic mass is 10.1. The zero-order chi connectivity index (χ0) is 10.0. The molecule has 0 aliphatic carbocycles. The third-order valence-electron chi connectivity index (χ3n) is 1.52. The average Bonchev–Trinajstić information content (AvgIpc) is 2.08. The summed E-state index contributed by atoms with van der Waals surface area (Å²) in [6, 6.07) is 2.15. The van der Waals surface area contributed by atoms with Gasteiger partial charge >= 0.3 is 0 Å². The zero-order valence-corrected chi connectivity index (χ0v) is 6.35. The molecule has 13 heavy (non-hydrogen) atoms. The number of hydrogen-bond acceptors (Lipinski definition) is 1. The van der Waals surface area contributed by atoms with Gasteiger partial charge in [0, 0.05) is 0 Å². The lowest BCUT2D eigenvalue weighted by molar-refractivity contribution is -0.00597. The standard InChI is InChI=1S/C8H6F4O/c9-5-2-1-4(3-6(5)10)7(13)8(11)12/h1-3,7-8,13H. The van der Waals surface area contributed by atoms with Gasteiger partial charge in [-0.1, -0.05) is 6.07 Å². The molecule has 0 saturated heterocycles. The third kappa shape index (κ3) is 2.18. The summed E-state index contributed by atoms with van der Waals surface area (Å²) in [5.41, 5.74) is -0.339. The molecule has 0 heterocycles. The molecule has 5 heteroatoms. The summed E-state index contributed by atoms with van der Waals surface area (Å²) < 4.78 is 48.6. The van der Waals surface area contributed by atoms with E-state index >= 15 is 0 Å². The van der Waals surface area contributed by atoms with Gasteiger partial charge in [0.1, 0.15) is 6.10 Å². The highest BCUT2D eigenvalue weighted by molar-refractivity contribution is 5.20. The van der Waals surface area contributed by atoms with Gasteiger partial charge in [0.15, 0.2) is 11.6 Å². The fourth-order valence-electron chi connectivity index (χ4n) is 0.842. The van der Waals surface area contributed by atoms with Crippen molar-refractivity contribution in [3.05, 3.63) is 35.4 Å². The smallest absolute Gasteiger partial charge is 0.268 e. The van der Waals surface area contributed by atoms with E-state index in [-0.39, 0.29) is 5.56 Å². The first kappa shape index (κ1) is 9.98. The molecule has 0 saturated carbocycles. The number of aliphatic hydroxyl groups is 1. The Morgan fingerprint density at radius 1 is 1.08 bits per heavy atom. The molecule has 1 N–H and O–H groups in total. The van der Waals surface area contributed by atoms with Gasteiger partial charge in [0.25, 0.3) is 6.43 Å². The molecule has 1 aromatic rings. The van der Waals surface area contributed by atoms with Gasteiger partial charge < -0.3 is 5.11 Å². The van der Waals surface area contributed by atoms with Crippen molar-refractivity contribution in [2.24, 2.45) is 0 Å². The van der Waals surface area contributed by atoms with Crippen LogP contribution < -0.4 is 0 Å². The molecule has 72 valence electrons. The Bertz CT molecular complexity index is 300. The summed E-state index contributed by atoms with van der Waals surface area (Å²) in [5.74, 6) is -2.39. The van der Waals surface area contributed by atoms with E-state index in [1.807, 2.05) is 0 Å². The Balaban J connectivity index is 2.97. The second kappa shape index (κ2) is 3.74. The number of aliphatic hydroxyl groups excluding tert-OH is 1. The molecule has 1 atom stereocenters. The Hall–Kier alpha value is -1.10.